The van der Waals surface area contributed by atoms with Gasteiger partial charge in [-0.3, -0.25) is 9.69 Å². The van der Waals surface area contributed by atoms with Crippen molar-refractivity contribution >= 4 is 17.4 Å². The summed E-state index contributed by atoms with van der Waals surface area (Å²) in [7, 11) is 3.32. The van der Waals surface area contributed by atoms with Crippen LogP contribution < -0.4 is 0 Å². The molecule has 6 heteroatoms. The molecule has 1 aromatic carbocycles. The number of Topliss-reactive ketones (excluding diaryl/α,β-unsaturated/α-hetero) is 1. The molecule has 0 aliphatic heterocycles. The largest absolute Gasteiger partial charge is 0.507 e. The van der Waals surface area contributed by atoms with E-state index in [-0.39, 0.29) is 23.7 Å². The summed E-state index contributed by atoms with van der Waals surface area (Å²) in [4.78, 5) is 13.2. The van der Waals surface area contributed by atoms with Gasteiger partial charge in [-0.2, -0.15) is 0 Å². The standard InChI is InChI=1S/C14H20ClNO4/c1-9(17)13-5-11(15)4-10(14(13)19)6-16(2)7-12(18)8-20-3/h4-5,12,18-19H,6-8H2,1-3H3. The van der Waals surface area contributed by atoms with E-state index in [0.717, 1.165) is 0 Å². The summed E-state index contributed by atoms with van der Waals surface area (Å²) >= 11 is 5.95. The summed E-state index contributed by atoms with van der Waals surface area (Å²) in [5.74, 6) is -0.302. The molecule has 0 heterocycles. The summed E-state index contributed by atoms with van der Waals surface area (Å²) in [6.07, 6.45) is -0.612. The van der Waals surface area contributed by atoms with Crippen LogP contribution in [-0.4, -0.2) is 54.3 Å². The van der Waals surface area contributed by atoms with E-state index in [1.807, 2.05) is 4.90 Å². The number of nitrogens with zero attached hydrogens (tertiary/aromatic N) is 1. The van der Waals surface area contributed by atoms with Crippen molar-refractivity contribution in [2.24, 2.45) is 0 Å². The van der Waals surface area contributed by atoms with Gasteiger partial charge in [0.05, 0.1) is 18.3 Å². The van der Waals surface area contributed by atoms with Crippen molar-refractivity contribution < 1.29 is 19.7 Å². The molecule has 0 spiro atoms. The maximum absolute atomic E-state index is 11.4. The molecule has 0 aliphatic rings. The number of phenols is 1. The third kappa shape index (κ3) is 4.76. The van der Waals surface area contributed by atoms with Crippen LogP contribution in [0.15, 0.2) is 12.1 Å². The summed E-state index contributed by atoms with van der Waals surface area (Å²) < 4.78 is 4.86. The lowest BCUT2D eigenvalue weighted by Crippen LogP contribution is -2.31. The van der Waals surface area contributed by atoms with E-state index in [1.54, 1.807) is 13.1 Å². The second-order valence-electron chi connectivity index (χ2n) is 4.82. The van der Waals surface area contributed by atoms with Crippen LogP contribution in [0.4, 0.5) is 0 Å². The van der Waals surface area contributed by atoms with E-state index in [1.165, 1.54) is 20.1 Å². The quantitative estimate of drug-likeness (QED) is 0.750. The summed E-state index contributed by atoms with van der Waals surface area (Å²) in [6, 6.07) is 3.06. The van der Waals surface area contributed by atoms with Crippen molar-refractivity contribution in [1.29, 1.82) is 0 Å². The fraction of sp³-hybridized carbons (Fsp3) is 0.500. The number of carbonyl (C=O) groups excluding carboxylic acids is 1. The lowest BCUT2D eigenvalue weighted by Gasteiger charge is -2.21. The Balaban J connectivity index is 2.84. The van der Waals surface area contributed by atoms with Crippen LogP contribution in [0.2, 0.25) is 5.02 Å². The zero-order chi connectivity index (χ0) is 15.3. The average molecular weight is 302 g/mol. The third-order valence-electron chi connectivity index (χ3n) is 2.85. The number of hydrogen-bond acceptors (Lipinski definition) is 5. The molecular formula is C14H20ClNO4. The van der Waals surface area contributed by atoms with E-state index < -0.39 is 6.10 Å². The Morgan fingerprint density at radius 2 is 2.15 bits per heavy atom. The number of rotatable bonds is 7. The van der Waals surface area contributed by atoms with Crippen LogP contribution in [-0.2, 0) is 11.3 Å². The number of aromatic hydroxyl groups is 1. The monoisotopic (exact) mass is 301 g/mol. The molecule has 0 amide bonds. The van der Waals surface area contributed by atoms with Crippen molar-refractivity contribution in [3.05, 3.63) is 28.3 Å². The van der Waals surface area contributed by atoms with Crippen LogP contribution in [0.1, 0.15) is 22.8 Å². The maximum atomic E-state index is 11.4. The van der Waals surface area contributed by atoms with Gasteiger partial charge in [-0.15, -0.1) is 0 Å². The van der Waals surface area contributed by atoms with Crippen LogP contribution in [0.5, 0.6) is 5.75 Å². The normalized spacial score (nSPS) is 12.7. The minimum atomic E-state index is -0.612. The van der Waals surface area contributed by atoms with Crippen LogP contribution >= 0.6 is 11.6 Å². The maximum Gasteiger partial charge on any atom is 0.163 e. The molecule has 2 N–H and O–H groups in total. The van der Waals surface area contributed by atoms with Crippen LogP contribution in [0.25, 0.3) is 0 Å². The number of phenolic OH excluding ortho intramolecular Hbond substituents is 1. The van der Waals surface area contributed by atoms with E-state index in [0.29, 0.717) is 23.7 Å². The molecule has 20 heavy (non-hydrogen) atoms. The molecule has 5 nitrogen and oxygen atoms in total. The molecule has 0 bridgehead atoms. The number of likely N-dealkylation sites (N-methyl/N-ethyl adjacent to an activating group) is 1. The molecule has 0 saturated heterocycles. The van der Waals surface area contributed by atoms with E-state index in [9.17, 15) is 15.0 Å². The molecule has 0 aromatic heterocycles. The zero-order valence-electron chi connectivity index (χ0n) is 11.9. The van der Waals surface area contributed by atoms with Gasteiger partial charge in [-0.05, 0) is 26.1 Å². The zero-order valence-corrected chi connectivity index (χ0v) is 12.6. The SMILES string of the molecule is COCC(O)CN(C)Cc1cc(Cl)cc(C(C)=O)c1O. The highest BCUT2D eigenvalue weighted by Gasteiger charge is 2.15. The second-order valence-corrected chi connectivity index (χ2v) is 5.26. The number of hydrogen-bond donors (Lipinski definition) is 2. The van der Waals surface area contributed by atoms with Crippen molar-refractivity contribution in [2.45, 2.75) is 19.6 Å². The number of ketones is 1. The smallest absolute Gasteiger partial charge is 0.163 e. The van der Waals surface area contributed by atoms with Gasteiger partial charge in [0.2, 0.25) is 0 Å². The van der Waals surface area contributed by atoms with Gasteiger partial charge in [-0.1, -0.05) is 11.6 Å². The lowest BCUT2D eigenvalue weighted by atomic mass is 10.1. The third-order valence-corrected chi connectivity index (χ3v) is 3.07. The molecule has 0 radical (unpaired) electrons. The van der Waals surface area contributed by atoms with Gasteiger partial charge in [-0.25, -0.2) is 0 Å². The Hall–Kier alpha value is -1.14. The van der Waals surface area contributed by atoms with Crippen molar-refractivity contribution in [2.75, 3.05) is 27.3 Å². The number of aliphatic hydroxyl groups is 1. The number of aliphatic hydroxyl groups excluding tert-OH is 1. The molecule has 112 valence electrons. The van der Waals surface area contributed by atoms with E-state index in [2.05, 4.69) is 0 Å². The topological polar surface area (TPSA) is 70.0 Å². The minimum absolute atomic E-state index is 0.0602. The van der Waals surface area contributed by atoms with Gasteiger partial charge >= 0.3 is 0 Å². The van der Waals surface area contributed by atoms with Gasteiger partial charge < -0.3 is 14.9 Å². The Morgan fingerprint density at radius 1 is 1.50 bits per heavy atom. The fourth-order valence-electron chi connectivity index (χ4n) is 2.00. The van der Waals surface area contributed by atoms with Crippen LogP contribution in [0, 0.1) is 0 Å². The molecule has 1 rings (SSSR count). The van der Waals surface area contributed by atoms with Crippen LogP contribution in [0.3, 0.4) is 0 Å². The lowest BCUT2D eigenvalue weighted by molar-refractivity contribution is 0.0417. The highest BCUT2D eigenvalue weighted by atomic mass is 35.5. The predicted molar refractivity (Wildman–Crippen MR) is 77.3 cm³/mol. The number of carbonyl (C=O) groups is 1. The first kappa shape index (κ1) is 16.9. The van der Waals surface area contributed by atoms with Gasteiger partial charge in [0, 0.05) is 30.8 Å². The van der Waals surface area contributed by atoms with Gasteiger partial charge in [0.1, 0.15) is 5.75 Å². The summed E-state index contributed by atoms with van der Waals surface area (Å²) in [5.41, 5.74) is 0.758. The Morgan fingerprint density at radius 3 is 2.70 bits per heavy atom. The fourth-order valence-corrected chi connectivity index (χ4v) is 2.25. The van der Waals surface area contributed by atoms with E-state index >= 15 is 0 Å². The first-order valence-electron chi connectivity index (χ1n) is 6.23. The van der Waals surface area contributed by atoms with Gasteiger partial charge in [0.15, 0.2) is 5.78 Å². The highest BCUT2D eigenvalue weighted by Crippen LogP contribution is 2.28. The molecule has 0 aliphatic carbocycles. The Bertz CT molecular complexity index is 478. The number of halogens is 1. The summed E-state index contributed by atoms with van der Waals surface area (Å²) in [6.45, 7) is 2.37. The van der Waals surface area contributed by atoms with E-state index in [4.69, 9.17) is 16.3 Å². The number of methoxy groups -OCH3 is 1. The Kier molecular flexibility index (Phi) is 6.42. The molecule has 1 unspecified atom stereocenters. The first-order valence-corrected chi connectivity index (χ1v) is 6.60. The average Bonchev–Trinajstić information content (AvgIpc) is 2.33. The van der Waals surface area contributed by atoms with Crippen molar-refractivity contribution in [3.63, 3.8) is 0 Å². The molecular weight excluding hydrogens is 282 g/mol. The molecule has 0 fully saturated rings. The Labute approximate surface area is 123 Å². The first-order chi connectivity index (χ1) is 9.35. The molecule has 1 atom stereocenters. The number of benzene rings is 1. The minimum Gasteiger partial charge on any atom is -0.507 e. The predicted octanol–water partition coefficient (Wildman–Crippen LogP) is 1.69. The van der Waals surface area contributed by atoms with Gasteiger partial charge in [0.25, 0.3) is 0 Å². The van der Waals surface area contributed by atoms with Crippen molar-refractivity contribution in [3.8, 4) is 5.75 Å². The molecule has 1 aromatic rings. The summed E-state index contributed by atoms with van der Waals surface area (Å²) in [5, 5.41) is 20.1. The number of ether oxygens (including phenoxy) is 1. The molecule has 0 saturated carbocycles. The highest BCUT2D eigenvalue weighted by molar-refractivity contribution is 6.31. The second kappa shape index (κ2) is 7.59. The van der Waals surface area contributed by atoms with Crippen molar-refractivity contribution in [1.82, 2.24) is 4.90 Å².